The molecule has 1 aromatic heterocycles. The molecule has 1 amide bonds. The van der Waals surface area contributed by atoms with Crippen LogP contribution in [0.15, 0.2) is 82.7 Å². The lowest BCUT2D eigenvalue weighted by Gasteiger charge is -2.14. The molecule has 0 saturated heterocycles. The largest absolute Gasteiger partial charge is 0.350 e. The molecule has 33 heavy (non-hydrogen) atoms. The van der Waals surface area contributed by atoms with Crippen molar-refractivity contribution < 1.29 is 4.79 Å². The smallest absolute Gasteiger partial charge is 0.262 e. The van der Waals surface area contributed by atoms with Crippen molar-refractivity contribution in [2.75, 3.05) is 0 Å². The van der Waals surface area contributed by atoms with Crippen LogP contribution in [-0.2, 0) is 12.3 Å². The van der Waals surface area contributed by atoms with Crippen LogP contribution in [0.5, 0.6) is 0 Å². The number of nitrogens with zero attached hydrogens (tertiary/aromatic N) is 2. The normalized spacial score (nSPS) is 11.2. The highest BCUT2D eigenvalue weighted by Gasteiger charge is 2.13. The van der Waals surface area contributed by atoms with E-state index >= 15 is 0 Å². The molecule has 168 valence electrons. The van der Waals surface area contributed by atoms with Crippen LogP contribution in [0.2, 0.25) is 0 Å². The minimum Gasteiger partial charge on any atom is -0.350 e. The molecule has 0 aliphatic rings. The molecule has 0 fully saturated rings. The Labute approximate surface area is 197 Å². The average Bonchev–Trinajstić information content (AvgIpc) is 2.80. The number of para-hydroxylation sites is 1. The fourth-order valence-electron chi connectivity index (χ4n) is 3.60. The summed E-state index contributed by atoms with van der Waals surface area (Å²) in [5, 5.41) is 4.18. The van der Waals surface area contributed by atoms with E-state index in [4.69, 9.17) is 4.98 Å². The maximum absolute atomic E-state index is 13.4. The number of aryl methyl sites for hydroxylation is 1. The maximum Gasteiger partial charge on any atom is 0.262 e. The summed E-state index contributed by atoms with van der Waals surface area (Å²) < 4.78 is 1.73. The van der Waals surface area contributed by atoms with Crippen molar-refractivity contribution in [3.05, 3.63) is 105 Å². The van der Waals surface area contributed by atoms with Crippen molar-refractivity contribution in [1.82, 2.24) is 14.9 Å². The predicted molar refractivity (Wildman–Crippen MR) is 135 cm³/mol. The van der Waals surface area contributed by atoms with E-state index in [0.29, 0.717) is 28.2 Å². The Hall–Kier alpha value is -3.38. The van der Waals surface area contributed by atoms with Gasteiger partial charge in [0.2, 0.25) is 0 Å². The highest BCUT2D eigenvalue weighted by atomic mass is 32.2. The first-order valence-corrected chi connectivity index (χ1v) is 12.0. The molecular weight excluding hydrogens is 430 g/mol. The summed E-state index contributed by atoms with van der Waals surface area (Å²) in [4.78, 5) is 30.4. The number of carbonyl (C=O) groups excluding carboxylic acids is 1. The fourth-order valence-corrected chi connectivity index (χ4v) is 4.68. The second kappa shape index (κ2) is 10.0. The molecule has 1 heterocycles. The lowest BCUT2D eigenvalue weighted by molar-refractivity contribution is 0.0943. The van der Waals surface area contributed by atoms with Gasteiger partial charge in [0.15, 0.2) is 5.16 Å². The van der Waals surface area contributed by atoms with Gasteiger partial charge in [-0.2, -0.15) is 0 Å². The van der Waals surface area contributed by atoms with Crippen molar-refractivity contribution in [3.8, 4) is 0 Å². The van der Waals surface area contributed by atoms with Crippen LogP contribution in [0.3, 0.4) is 0 Å². The van der Waals surface area contributed by atoms with Crippen molar-refractivity contribution in [1.29, 1.82) is 0 Å². The Morgan fingerprint density at radius 3 is 2.42 bits per heavy atom. The van der Waals surface area contributed by atoms with Gasteiger partial charge in [0, 0.05) is 17.4 Å². The minimum absolute atomic E-state index is 0.0606. The Morgan fingerprint density at radius 1 is 1.00 bits per heavy atom. The first-order chi connectivity index (χ1) is 15.9. The molecule has 1 N–H and O–H groups in total. The van der Waals surface area contributed by atoms with Crippen molar-refractivity contribution in [3.63, 3.8) is 0 Å². The van der Waals surface area contributed by atoms with Gasteiger partial charge in [-0.3, -0.25) is 14.2 Å². The molecule has 0 spiro atoms. The number of fused-ring (bicyclic) bond motifs is 1. The summed E-state index contributed by atoms with van der Waals surface area (Å²) in [6, 6.07) is 23.2. The lowest BCUT2D eigenvalue weighted by atomic mass is 10.1. The third-order valence-electron chi connectivity index (χ3n) is 5.42. The summed E-state index contributed by atoms with van der Waals surface area (Å²) in [6.45, 7) is 6.34. The number of hydrogen-bond acceptors (Lipinski definition) is 4. The zero-order valence-corrected chi connectivity index (χ0v) is 19.9. The second-order valence-electron chi connectivity index (χ2n) is 8.34. The Balaban J connectivity index is 1.66. The number of hydrogen-bond donors (Lipinski definition) is 1. The molecule has 0 saturated carbocycles. The first kappa shape index (κ1) is 22.8. The van der Waals surface area contributed by atoms with Crippen LogP contribution >= 0.6 is 11.8 Å². The number of aromatic nitrogens is 2. The van der Waals surface area contributed by atoms with Crippen molar-refractivity contribution in [2.45, 2.75) is 44.3 Å². The highest BCUT2D eigenvalue weighted by molar-refractivity contribution is 7.98. The molecule has 0 aliphatic carbocycles. The predicted octanol–water partition coefficient (Wildman–Crippen LogP) is 5.18. The summed E-state index contributed by atoms with van der Waals surface area (Å²) in [5.74, 6) is 0.627. The maximum atomic E-state index is 13.4. The van der Waals surface area contributed by atoms with Gasteiger partial charge in [-0.05, 0) is 61.7 Å². The van der Waals surface area contributed by atoms with Gasteiger partial charge in [-0.1, -0.05) is 60.3 Å². The van der Waals surface area contributed by atoms with Crippen LogP contribution < -0.4 is 10.9 Å². The van der Waals surface area contributed by atoms with E-state index in [0.717, 1.165) is 11.3 Å². The number of amides is 1. The van der Waals surface area contributed by atoms with E-state index in [1.807, 2.05) is 62.4 Å². The lowest BCUT2D eigenvalue weighted by Crippen LogP contribution is -2.30. The third-order valence-corrected chi connectivity index (χ3v) is 6.45. The summed E-state index contributed by atoms with van der Waals surface area (Å²) >= 11 is 1.57. The highest BCUT2D eigenvalue weighted by Crippen LogP contribution is 2.24. The van der Waals surface area contributed by atoms with E-state index in [2.05, 4.69) is 24.4 Å². The first-order valence-electron chi connectivity index (χ1n) is 11.0. The van der Waals surface area contributed by atoms with Crippen molar-refractivity contribution in [2.24, 2.45) is 0 Å². The number of rotatable bonds is 7. The zero-order chi connectivity index (χ0) is 23.4. The van der Waals surface area contributed by atoms with Gasteiger partial charge in [0.25, 0.3) is 11.5 Å². The van der Waals surface area contributed by atoms with Crippen molar-refractivity contribution >= 4 is 28.6 Å². The van der Waals surface area contributed by atoms with E-state index in [9.17, 15) is 9.59 Å². The number of nitrogens with one attached hydrogen (secondary N) is 1. The van der Waals surface area contributed by atoms with Gasteiger partial charge in [-0.25, -0.2) is 4.98 Å². The molecule has 6 heteroatoms. The van der Waals surface area contributed by atoms with Crippen LogP contribution in [0.1, 0.15) is 40.9 Å². The molecule has 0 atom stereocenters. The number of benzene rings is 3. The molecule has 5 nitrogen and oxygen atoms in total. The van der Waals surface area contributed by atoms with Gasteiger partial charge in [0.1, 0.15) is 0 Å². The van der Waals surface area contributed by atoms with Gasteiger partial charge in [-0.15, -0.1) is 0 Å². The molecule has 0 bridgehead atoms. The molecule has 0 radical (unpaired) electrons. The zero-order valence-electron chi connectivity index (χ0n) is 19.0. The molecule has 3 aromatic carbocycles. The van der Waals surface area contributed by atoms with Gasteiger partial charge < -0.3 is 5.32 Å². The second-order valence-corrected chi connectivity index (χ2v) is 9.29. The molecule has 4 aromatic rings. The Kier molecular flexibility index (Phi) is 6.94. The summed E-state index contributed by atoms with van der Waals surface area (Å²) in [5.41, 5.74) is 4.62. The standard InChI is InChI=1S/C27H27N3O2S/c1-18(2)28-25(31)21-14-12-20(13-15-21)16-30-26(32)23-10-6-7-11-24(23)29-27(30)33-17-22-9-5-4-8-19(22)3/h4-15,18H,16-17H2,1-3H3,(H,28,31). The molecular formula is C27H27N3O2S. The number of thioether (sulfide) groups is 1. The van der Waals surface area contributed by atoms with Gasteiger partial charge in [0.05, 0.1) is 17.4 Å². The minimum atomic E-state index is -0.101. The Bertz CT molecular complexity index is 1340. The Morgan fingerprint density at radius 2 is 1.70 bits per heavy atom. The molecule has 0 unspecified atom stereocenters. The molecule has 0 aliphatic heterocycles. The van der Waals surface area contributed by atoms with E-state index in [1.54, 1.807) is 28.5 Å². The van der Waals surface area contributed by atoms with Crippen LogP contribution in [0, 0.1) is 6.92 Å². The van der Waals surface area contributed by atoms with E-state index in [1.165, 1.54) is 11.1 Å². The quantitative estimate of drug-likeness (QED) is 0.307. The van der Waals surface area contributed by atoms with E-state index < -0.39 is 0 Å². The topological polar surface area (TPSA) is 64.0 Å². The summed E-state index contributed by atoms with van der Waals surface area (Å²) in [6.07, 6.45) is 0. The van der Waals surface area contributed by atoms with E-state index in [-0.39, 0.29) is 17.5 Å². The SMILES string of the molecule is Cc1ccccc1CSc1nc2ccccc2c(=O)n1Cc1ccc(C(=O)NC(C)C)cc1. The monoisotopic (exact) mass is 457 g/mol. The average molecular weight is 458 g/mol. The fraction of sp³-hybridized carbons (Fsp3) is 0.222. The number of carbonyl (C=O) groups is 1. The summed E-state index contributed by atoms with van der Waals surface area (Å²) in [7, 11) is 0. The van der Waals surface area contributed by atoms with Gasteiger partial charge >= 0.3 is 0 Å². The third kappa shape index (κ3) is 5.34. The van der Waals surface area contributed by atoms with Crippen LogP contribution in [0.25, 0.3) is 10.9 Å². The van der Waals surface area contributed by atoms with Crippen LogP contribution in [0.4, 0.5) is 0 Å². The van der Waals surface area contributed by atoms with Crippen LogP contribution in [-0.4, -0.2) is 21.5 Å². The molecule has 4 rings (SSSR count).